The van der Waals surface area contributed by atoms with Crippen molar-refractivity contribution >= 4 is 11.9 Å². The molecular formula is C15H19NO3. The van der Waals surface area contributed by atoms with E-state index in [1.165, 1.54) is 0 Å². The number of likely N-dealkylation sites (tertiary alicyclic amines) is 1. The second-order valence-electron chi connectivity index (χ2n) is 5.01. The van der Waals surface area contributed by atoms with Crippen molar-refractivity contribution in [1.29, 1.82) is 0 Å². The molecule has 1 aromatic rings. The van der Waals surface area contributed by atoms with E-state index in [0.717, 1.165) is 5.56 Å². The predicted molar refractivity (Wildman–Crippen MR) is 71.5 cm³/mol. The van der Waals surface area contributed by atoms with Crippen molar-refractivity contribution < 1.29 is 14.3 Å². The molecule has 0 N–H and O–H groups in total. The number of carbonyl (C=O) groups excluding carboxylic acids is 2. The fourth-order valence-corrected chi connectivity index (χ4v) is 2.24. The van der Waals surface area contributed by atoms with Crippen LogP contribution in [0, 0.1) is 5.92 Å². The first-order chi connectivity index (χ1) is 9.15. The third-order valence-corrected chi connectivity index (χ3v) is 3.36. The summed E-state index contributed by atoms with van der Waals surface area (Å²) in [5.74, 6) is 0.0920. The molecule has 0 radical (unpaired) electrons. The van der Waals surface area contributed by atoms with Crippen molar-refractivity contribution in [3.8, 4) is 0 Å². The molecule has 1 aliphatic rings. The van der Waals surface area contributed by atoms with Crippen molar-refractivity contribution in [3.63, 3.8) is 0 Å². The molecule has 1 unspecified atom stereocenters. The summed E-state index contributed by atoms with van der Waals surface area (Å²) < 4.78 is 5.23. The van der Waals surface area contributed by atoms with Crippen molar-refractivity contribution in [1.82, 2.24) is 4.90 Å². The Kier molecular flexibility index (Phi) is 4.55. The smallest absolute Gasteiger partial charge is 0.306 e. The molecule has 0 aromatic heterocycles. The number of carbonyl (C=O) groups is 2. The summed E-state index contributed by atoms with van der Waals surface area (Å²) >= 11 is 0. The van der Waals surface area contributed by atoms with Crippen LogP contribution in [0.2, 0.25) is 0 Å². The first kappa shape index (κ1) is 13.6. The zero-order valence-corrected chi connectivity index (χ0v) is 11.2. The molecule has 4 heteroatoms. The Balaban J connectivity index is 1.67. The van der Waals surface area contributed by atoms with Gasteiger partial charge in [0.05, 0.1) is 6.61 Å². The number of rotatable bonds is 5. The molecule has 0 spiro atoms. The van der Waals surface area contributed by atoms with Crippen LogP contribution in [-0.2, 0) is 20.7 Å². The lowest BCUT2D eigenvalue weighted by molar-refractivity contribution is -0.145. The number of amides is 1. The van der Waals surface area contributed by atoms with Gasteiger partial charge in [0.1, 0.15) is 0 Å². The van der Waals surface area contributed by atoms with E-state index in [4.69, 9.17) is 4.74 Å². The standard InChI is InChI=1S/C15H19NO3/c1-16-10-13(9-14(16)17)11-19-15(18)8-7-12-5-3-2-4-6-12/h2-6,13H,7-11H2,1H3. The highest BCUT2D eigenvalue weighted by Gasteiger charge is 2.27. The Morgan fingerprint density at radius 1 is 1.37 bits per heavy atom. The van der Waals surface area contributed by atoms with Crippen LogP contribution in [0.3, 0.4) is 0 Å². The number of esters is 1. The molecule has 0 aliphatic carbocycles. The summed E-state index contributed by atoms with van der Waals surface area (Å²) in [7, 11) is 1.78. The summed E-state index contributed by atoms with van der Waals surface area (Å²) in [4.78, 5) is 24.6. The van der Waals surface area contributed by atoms with Crippen molar-refractivity contribution in [2.45, 2.75) is 19.3 Å². The van der Waals surface area contributed by atoms with Gasteiger partial charge in [-0.15, -0.1) is 0 Å². The van der Waals surface area contributed by atoms with Gasteiger partial charge in [0, 0.05) is 32.4 Å². The number of hydrogen-bond acceptors (Lipinski definition) is 3. The molecule has 1 aromatic carbocycles. The lowest BCUT2D eigenvalue weighted by Gasteiger charge is -2.10. The van der Waals surface area contributed by atoms with E-state index in [9.17, 15) is 9.59 Å². The molecule has 1 saturated heterocycles. The van der Waals surface area contributed by atoms with Gasteiger partial charge in [0.2, 0.25) is 5.91 Å². The molecule has 0 saturated carbocycles. The molecule has 1 aliphatic heterocycles. The van der Waals surface area contributed by atoms with Gasteiger partial charge in [-0.25, -0.2) is 0 Å². The van der Waals surface area contributed by atoms with E-state index >= 15 is 0 Å². The van der Waals surface area contributed by atoms with E-state index in [1.807, 2.05) is 30.3 Å². The third-order valence-electron chi connectivity index (χ3n) is 3.36. The lowest BCUT2D eigenvalue weighted by atomic mass is 10.1. The largest absolute Gasteiger partial charge is 0.465 e. The lowest BCUT2D eigenvalue weighted by Crippen LogP contribution is -2.20. The van der Waals surface area contributed by atoms with E-state index in [0.29, 0.717) is 32.4 Å². The Morgan fingerprint density at radius 2 is 2.11 bits per heavy atom. The fraction of sp³-hybridized carbons (Fsp3) is 0.467. The highest BCUT2D eigenvalue weighted by molar-refractivity contribution is 5.78. The van der Waals surface area contributed by atoms with E-state index < -0.39 is 0 Å². The first-order valence-electron chi connectivity index (χ1n) is 6.58. The van der Waals surface area contributed by atoms with Gasteiger partial charge in [0.25, 0.3) is 0 Å². The van der Waals surface area contributed by atoms with E-state index in [1.54, 1.807) is 11.9 Å². The molecule has 1 fully saturated rings. The first-order valence-corrected chi connectivity index (χ1v) is 6.58. The minimum absolute atomic E-state index is 0.130. The molecule has 1 atom stereocenters. The van der Waals surface area contributed by atoms with Crippen LogP contribution in [0.15, 0.2) is 30.3 Å². The zero-order valence-electron chi connectivity index (χ0n) is 11.2. The summed E-state index contributed by atoms with van der Waals surface area (Å²) in [6, 6.07) is 9.87. The third kappa shape index (κ3) is 4.09. The van der Waals surface area contributed by atoms with Gasteiger partial charge in [-0.05, 0) is 12.0 Å². The van der Waals surface area contributed by atoms with Crippen LogP contribution in [-0.4, -0.2) is 37.0 Å². The van der Waals surface area contributed by atoms with Crippen LogP contribution < -0.4 is 0 Å². The summed E-state index contributed by atoms with van der Waals surface area (Å²) in [5, 5.41) is 0. The monoisotopic (exact) mass is 261 g/mol. The topological polar surface area (TPSA) is 46.6 Å². The highest BCUT2D eigenvalue weighted by Crippen LogP contribution is 2.16. The molecule has 19 heavy (non-hydrogen) atoms. The fourth-order valence-electron chi connectivity index (χ4n) is 2.24. The Morgan fingerprint density at radius 3 is 2.74 bits per heavy atom. The maximum absolute atomic E-state index is 11.6. The molecule has 1 amide bonds. The van der Waals surface area contributed by atoms with Crippen LogP contribution in [0.4, 0.5) is 0 Å². The van der Waals surface area contributed by atoms with Crippen LogP contribution in [0.1, 0.15) is 18.4 Å². The van der Waals surface area contributed by atoms with Gasteiger partial charge in [0.15, 0.2) is 0 Å². The van der Waals surface area contributed by atoms with Gasteiger partial charge in [-0.2, -0.15) is 0 Å². The second kappa shape index (κ2) is 6.36. The summed E-state index contributed by atoms with van der Waals surface area (Å²) in [6.07, 6.45) is 1.58. The molecule has 0 bridgehead atoms. The van der Waals surface area contributed by atoms with Crippen molar-refractivity contribution in [2.75, 3.05) is 20.2 Å². The SMILES string of the molecule is CN1CC(COC(=O)CCc2ccccc2)CC1=O. The second-order valence-corrected chi connectivity index (χ2v) is 5.01. The Hall–Kier alpha value is -1.84. The zero-order chi connectivity index (χ0) is 13.7. The Labute approximate surface area is 113 Å². The van der Waals surface area contributed by atoms with Crippen LogP contribution >= 0.6 is 0 Å². The average molecular weight is 261 g/mol. The van der Waals surface area contributed by atoms with Crippen LogP contribution in [0.5, 0.6) is 0 Å². The Bertz CT molecular complexity index is 444. The summed E-state index contributed by atoms with van der Waals surface area (Å²) in [6.45, 7) is 1.04. The predicted octanol–water partition coefficient (Wildman–Crippen LogP) is 1.64. The molecule has 2 rings (SSSR count). The highest BCUT2D eigenvalue weighted by atomic mass is 16.5. The van der Waals surface area contributed by atoms with Crippen molar-refractivity contribution in [2.24, 2.45) is 5.92 Å². The quantitative estimate of drug-likeness (QED) is 0.757. The number of aryl methyl sites for hydroxylation is 1. The van der Waals surface area contributed by atoms with E-state index in [2.05, 4.69) is 0 Å². The number of hydrogen-bond donors (Lipinski definition) is 0. The van der Waals surface area contributed by atoms with Gasteiger partial charge in [-0.1, -0.05) is 30.3 Å². The van der Waals surface area contributed by atoms with E-state index in [-0.39, 0.29) is 17.8 Å². The number of benzene rings is 1. The maximum Gasteiger partial charge on any atom is 0.306 e. The molecule has 1 heterocycles. The summed E-state index contributed by atoms with van der Waals surface area (Å²) in [5.41, 5.74) is 1.13. The normalized spacial score (nSPS) is 18.7. The van der Waals surface area contributed by atoms with Crippen molar-refractivity contribution in [3.05, 3.63) is 35.9 Å². The van der Waals surface area contributed by atoms with Crippen LogP contribution in [0.25, 0.3) is 0 Å². The minimum Gasteiger partial charge on any atom is -0.465 e. The molecular weight excluding hydrogens is 242 g/mol. The molecule has 102 valence electrons. The molecule has 4 nitrogen and oxygen atoms in total. The van der Waals surface area contributed by atoms with Gasteiger partial charge in [-0.3, -0.25) is 9.59 Å². The maximum atomic E-state index is 11.6. The minimum atomic E-state index is -0.189. The van der Waals surface area contributed by atoms with Gasteiger partial charge >= 0.3 is 5.97 Å². The number of ether oxygens (including phenoxy) is 1. The van der Waals surface area contributed by atoms with Gasteiger partial charge < -0.3 is 9.64 Å². The average Bonchev–Trinajstić information content (AvgIpc) is 2.74. The number of nitrogens with zero attached hydrogens (tertiary/aromatic N) is 1.